The number of nitrogens with zero attached hydrogens (tertiary/aromatic N) is 2. The van der Waals surface area contributed by atoms with E-state index in [2.05, 4.69) is 92.5 Å². The summed E-state index contributed by atoms with van der Waals surface area (Å²) in [6, 6.07) is 10.7. The number of rotatable bonds is 3. The zero-order chi connectivity index (χ0) is 13.8. The minimum absolute atomic E-state index is 0. The quantitative estimate of drug-likeness (QED) is 0.583. The second kappa shape index (κ2) is 7.75. The van der Waals surface area contributed by atoms with Gasteiger partial charge in [0.05, 0.1) is 34.6 Å². The van der Waals surface area contributed by atoms with Gasteiger partial charge in [-0.3, -0.25) is 6.42 Å². The van der Waals surface area contributed by atoms with E-state index < -0.39 is 0 Å². The third kappa shape index (κ3) is 3.80. The van der Waals surface area contributed by atoms with Gasteiger partial charge in [0.1, 0.15) is 0 Å². The van der Waals surface area contributed by atoms with E-state index in [0.717, 1.165) is 0 Å². The molecule has 0 aliphatic heterocycles. The van der Waals surface area contributed by atoms with Crippen molar-refractivity contribution >= 4 is 18.3 Å². The predicted octanol–water partition coefficient (Wildman–Crippen LogP) is 1.13. The van der Waals surface area contributed by atoms with Gasteiger partial charge in [0.15, 0.2) is 0 Å². The number of hydrogen-bond donors (Lipinski definition) is 0. The predicted molar refractivity (Wildman–Crippen MR) is 82.8 cm³/mol. The van der Waals surface area contributed by atoms with E-state index in [0.29, 0.717) is 12.8 Å². The van der Waals surface area contributed by atoms with E-state index >= 15 is 0 Å². The Morgan fingerprint density at radius 1 is 0.900 bits per heavy atom. The Morgan fingerprint density at radius 2 is 1.50 bits per heavy atom. The van der Waals surface area contributed by atoms with Crippen LogP contribution in [0.4, 0.5) is 0 Å². The van der Waals surface area contributed by atoms with Crippen LogP contribution >= 0.6 is 0 Å². The van der Waals surface area contributed by atoms with Gasteiger partial charge in [0.2, 0.25) is 0 Å². The van der Waals surface area contributed by atoms with Crippen molar-refractivity contribution in [3.63, 3.8) is 0 Å². The molecule has 1 aromatic carbocycles. The van der Waals surface area contributed by atoms with Crippen molar-refractivity contribution in [1.29, 1.82) is 0 Å². The molecule has 0 atom stereocenters. The topological polar surface area (TPSA) is 6.02 Å². The summed E-state index contributed by atoms with van der Waals surface area (Å²) in [5.74, 6) is 1.37. The van der Waals surface area contributed by atoms with Crippen LogP contribution in [0.15, 0.2) is 42.5 Å². The molecule has 0 fully saturated rings. The zero-order valence-corrected chi connectivity index (χ0v) is 13.8. The summed E-state index contributed by atoms with van der Waals surface area (Å²) < 4.78 is 4.60. The molecular formula is C15H21B2MnN2-. The van der Waals surface area contributed by atoms with Crippen LogP contribution in [-0.4, -0.2) is 49.9 Å². The summed E-state index contributed by atoms with van der Waals surface area (Å²) in [5, 5.41) is 0. The van der Waals surface area contributed by atoms with Crippen LogP contribution < -0.4 is 5.46 Å². The molecule has 0 heterocycles. The molecule has 0 aromatic heterocycles. The first-order chi connectivity index (χ1) is 9.11. The molecule has 2 rings (SSSR count). The second-order valence-corrected chi connectivity index (χ2v) is 5.45. The molecule has 1 aliphatic rings. The van der Waals surface area contributed by atoms with E-state index in [9.17, 15) is 0 Å². The smallest absolute Gasteiger partial charge is 0.0752 e. The Balaban J connectivity index is 0.00000200. The fourth-order valence-corrected chi connectivity index (χ4v) is 2.76. The Hall–Kier alpha value is -0.921. The maximum Gasteiger partial charge on any atom is 0.0752 e. The van der Waals surface area contributed by atoms with Gasteiger partial charge in [-0.05, 0) is 0 Å². The minimum Gasteiger partial charge on any atom is -0.529 e. The average Bonchev–Trinajstić information content (AvgIpc) is 2.89. The van der Waals surface area contributed by atoms with Gasteiger partial charge in [-0.2, -0.15) is 5.46 Å². The first-order valence-electron chi connectivity index (χ1n) is 6.70. The monoisotopic (exact) mass is 306 g/mol. The first kappa shape index (κ1) is 17.1. The molecular weight excluding hydrogens is 285 g/mol. The van der Waals surface area contributed by atoms with Gasteiger partial charge in [0, 0.05) is 23.5 Å². The van der Waals surface area contributed by atoms with Crippen molar-refractivity contribution in [2.24, 2.45) is 0 Å². The molecule has 2 nitrogen and oxygen atoms in total. The molecule has 105 valence electrons. The maximum atomic E-state index is 2.30. The van der Waals surface area contributed by atoms with Crippen molar-refractivity contribution in [2.75, 3.05) is 28.2 Å². The molecule has 0 unspecified atom stereocenters. The third-order valence-corrected chi connectivity index (χ3v) is 3.58. The number of allylic oxidation sites excluding steroid dienone is 2. The molecule has 0 saturated carbocycles. The number of benzene rings is 1. The van der Waals surface area contributed by atoms with E-state index in [4.69, 9.17) is 0 Å². The van der Waals surface area contributed by atoms with E-state index in [1.807, 2.05) is 0 Å². The van der Waals surface area contributed by atoms with Crippen molar-refractivity contribution in [1.82, 2.24) is 0 Å². The first-order valence-corrected chi connectivity index (χ1v) is 6.70. The number of hydrogen-bond acceptors (Lipinski definition) is 0. The summed E-state index contributed by atoms with van der Waals surface area (Å²) >= 11 is 0. The third-order valence-electron chi connectivity index (χ3n) is 3.58. The van der Waals surface area contributed by atoms with Crippen molar-refractivity contribution in [2.45, 2.75) is 0 Å². The molecule has 1 aromatic rings. The molecule has 0 amide bonds. The fourth-order valence-electron chi connectivity index (χ4n) is 2.76. The second-order valence-electron chi connectivity index (χ2n) is 5.45. The van der Waals surface area contributed by atoms with E-state index in [-0.39, 0.29) is 17.1 Å². The summed E-state index contributed by atoms with van der Waals surface area (Å²) in [6.45, 7) is 0. The van der Waals surface area contributed by atoms with Gasteiger partial charge in [0.25, 0.3) is 0 Å². The normalized spacial score (nSPS) is 13.4. The Kier molecular flexibility index (Phi) is 6.64. The van der Waals surface area contributed by atoms with Crippen LogP contribution in [0.25, 0.3) is 0 Å². The van der Waals surface area contributed by atoms with Crippen LogP contribution in [-0.2, 0) is 17.1 Å². The van der Waals surface area contributed by atoms with Crippen LogP contribution in [0.2, 0.25) is 0 Å². The largest absolute Gasteiger partial charge is 0.529 e. The van der Waals surface area contributed by atoms with Gasteiger partial charge >= 0.3 is 0 Å². The minimum atomic E-state index is 0. The zero-order valence-electron chi connectivity index (χ0n) is 12.6. The van der Waals surface area contributed by atoms with Crippen molar-refractivity contribution in [3.8, 4) is 0 Å². The Bertz CT molecular complexity index is 534. The van der Waals surface area contributed by atoms with Gasteiger partial charge in [-0.1, -0.05) is 30.3 Å². The molecule has 20 heavy (non-hydrogen) atoms. The molecule has 0 bridgehead atoms. The van der Waals surface area contributed by atoms with Crippen LogP contribution in [0.3, 0.4) is 0 Å². The summed E-state index contributed by atoms with van der Waals surface area (Å²) in [5.41, 5.74) is 1.35. The van der Waals surface area contributed by atoms with E-state index in [1.54, 1.807) is 0 Å². The molecule has 0 N–H and O–H groups in total. The standard InChI is InChI=1S/C15H21B2N2.Mn/c1-18(2)16(14-10-6-5-7-11-14)17(19(3)4)15-12-8-9-13-15;/h5-13H,1-4H3;/q-1;. The Morgan fingerprint density at radius 3 is 1.95 bits per heavy atom. The van der Waals surface area contributed by atoms with Crippen LogP contribution in [0, 0.1) is 18.7 Å². The molecule has 3 radical (unpaired) electrons. The van der Waals surface area contributed by atoms with E-state index in [1.165, 1.54) is 11.3 Å². The van der Waals surface area contributed by atoms with Crippen LogP contribution in [0.1, 0.15) is 0 Å². The molecule has 0 saturated heterocycles. The SMILES string of the molecule is C[N+](C)=[B-]([B-](c1ccccc1)=[N+](C)C)[C]1[CH]C=C[CH-]1.[Mn]. The van der Waals surface area contributed by atoms with Crippen LogP contribution in [0.5, 0.6) is 0 Å². The average molecular weight is 306 g/mol. The van der Waals surface area contributed by atoms with Gasteiger partial charge in [-0.15, -0.1) is 6.42 Å². The summed E-state index contributed by atoms with van der Waals surface area (Å²) in [4.78, 5) is 0. The summed E-state index contributed by atoms with van der Waals surface area (Å²) in [6.07, 6.45) is 9.35. The maximum absolute atomic E-state index is 2.30. The Labute approximate surface area is 133 Å². The molecule has 1 aliphatic carbocycles. The fraction of sp³-hybridized carbons (Fsp3) is 0.267. The summed E-state index contributed by atoms with van der Waals surface area (Å²) in [7, 11) is 8.60. The van der Waals surface area contributed by atoms with Gasteiger partial charge < -0.3 is 8.96 Å². The molecule has 5 heteroatoms. The van der Waals surface area contributed by atoms with Crippen molar-refractivity contribution < 1.29 is 26.0 Å². The van der Waals surface area contributed by atoms with Crippen molar-refractivity contribution in [3.05, 3.63) is 61.1 Å². The molecule has 0 spiro atoms. The van der Waals surface area contributed by atoms with Gasteiger partial charge in [-0.25, -0.2) is 18.0 Å².